The zero-order valence-corrected chi connectivity index (χ0v) is 17.5. The fraction of sp³-hybridized carbons (Fsp3) is 0.400. The van der Waals surface area contributed by atoms with Crippen LogP contribution >= 0.6 is 0 Å². The van der Waals surface area contributed by atoms with Gasteiger partial charge in [0.25, 0.3) is 0 Å². The normalized spacial score (nSPS) is 27.5. The summed E-state index contributed by atoms with van der Waals surface area (Å²) in [7, 11) is 0. The van der Waals surface area contributed by atoms with E-state index in [1.807, 2.05) is 55.1 Å². The second-order valence-corrected chi connectivity index (χ2v) is 9.13. The number of hydrogen-bond donors (Lipinski definition) is 1. The van der Waals surface area contributed by atoms with Crippen LogP contribution in [0.1, 0.15) is 62.6 Å². The fourth-order valence-electron chi connectivity index (χ4n) is 5.12. The largest absolute Gasteiger partial charge is 0.597 e. The minimum Gasteiger partial charge on any atom is -0.398 e. The maximum absolute atomic E-state index is 12.7. The van der Waals surface area contributed by atoms with Crippen LogP contribution in [0.3, 0.4) is 0 Å². The second kappa shape index (κ2) is 7.38. The number of cyclic esters (lactones) is 1. The average Bonchev–Trinajstić information content (AvgIpc) is 3.30. The minimum absolute atomic E-state index is 0.0941. The molecule has 154 valence electrons. The molecule has 3 heterocycles. The van der Waals surface area contributed by atoms with Crippen LogP contribution in [0.15, 0.2) is 54.9 Å². The van der Waals surface area contributed by atoms with Crippen LogP contribution in [0.5, 0.6) is 0 Å². The summed E-state index contributed by atoms with van der Waals surface area (Å²) in [5, 5.41) is 0. The quantitative estimate of drug-likeness (QED) is 0.581. The van der Waals surface area contributed by atoms with Crippen molar-refractivity contribution in [2.45, 2.75) is 57.1 Å². The van der Waals surface area contributed by atoms with E-state index in [1.54, 1.807) is 0 Å². The van der Waals surface area contributed by atoms with Gasteiger partial charge in [-0.05, 0) is 63.1 Å². The summed E-state index contributed by atoms with van der Waals surface area (Å²) in [6.07, 6.45) is 10.2. The molecule has 3 aromatic rings. The number of carbonyl (C=O) groups excluding carboxylic acids is 1. The van der Waals surface area contributed by atoms with Crippen molar-refractivity contribution in [3.63, 3.8) is 0 Å². The Labute approximate surface area is 176 Å². The van der Waals surface area contributed by atoms with Crippen molar-refractivity contribution < 1.29 is 14.1 Å². The van der Waals surface area contributed by atoms with E-state index in [0.29, 0.717) is 11.8 Å². The number of hydrogen-bond acceptors (Lipinski definition) is 3. The van der Waals surface area contributed by atoms with Crippen molar-refractivity contribution in [3.8, 4) is 0 Å². The number of carbonyl (C=O) groups is 1. The number of pyridine rings is 1. The number of nitrogens with one attached hydrogen (secondary N) is 1. The van der Waals surface area contributed by atoms with Crippen LogP contribution in [0.4, 0.5) is 4.79 Å². The van der Waals surface area contributed by atoms with Crippen molar-refractivity contribution in [2.24, 2.45) is 5.92 Å². The molecule has 1 saturated heterocycles. The van der Waals surface area contributed by atoms with E-state index in [2.05, 4.69) is 34.4 Å². The first-order valence-corrected chi connectivity index (χ1v) is 10.9. The SMILES string of the molecule is CC1(C)OC(=O)[N+](=CC2CCC(c3cnc4cc[nH]c4c3)CC2)C1c1ccccc1. The Morgan fingerprint density at radius 2 is 1.87 bits per heavy atom. The summed E-state index contributed by atoms with van der Waals surface area (Å²) in [6.45, 7) is 3.99. The molecule has 1 aliphatic heterocycles. The zero-order chi connectivity index (χ0) is 20.7. The monoisotopic (exact) mass is 402 g/mol. The van der Waals surface area contributed by atoms with E-state index < -0.39 is 5.60 Å². The maximum Gasteiger partial charge on any atom is 0.597 e. The smallest absolute Gasteiger partial charge is 0.398 e. The van der Waals surface area contributed by atoms with Gasteiger partial charge in [0.15, 0.2) is 11.8 Å². The zero-order valence-electron chi connectivity index (χ0n) is 17.5. The molecule has 1 amide bonds. The van der Waals surface area contributed by atoms with Crippen molar-refractivity contribution in [3.05, 3.63) is 66.0 Å². The summed E-state index contributed by atoms with van der Waals surface area (Å²) < 4.78 is 7.58. The molecule has 1 unspecified atom stereocenters. The molecule has 2 aliphatic rings. The molecule has 1 atom stereocenters. The number of aromatic nitrogens is 2. The summed E-state index contributed by atoms with van der Waals surface area (Å²) in [5.74, 6) is 0.915. The van der Waals surface area contributed by atoms with Gasteiger partial charge in [-0.2, -0.15) is 4.79 Å². The van der Waals surface area contributed by atoms with E-state index in [9.17, 15) is 4.79 Å². The molecule has 1 saturated carbocycles. The number of rotatable bonds is 3. The van der Waals surface area contributed by atoms with Gasteiger partial charge in [-0.25, -0.2) is 0 Å². The second-order valence-electron chi connectivity index (χ2n) is 9.13. The van der Waals surface area contributed by atoms with Crippen LogP contribution in [0.25, 0.3) is 11.0 Å². The number of benzene rings is 1. The third kappa shape index (κ3) is 3.42. The number of fused-ring (bicyclic) bond motifs is 1. The number of nitrogens with zero attached hydrogens (tertiary/aromatic N) is 2. The highest BCUT2D eigenvalue weighted by molar-refractivity contribution is 5.75. The van der Waals surface area contributed by atoms with E-state index >= 15 is 0 Å². The number of aromatic amines is 1. The Balaban J connectivity index is 1.34. The van der Waals surface area contributed by atoms with Gasteiger partial charge in [-0.3, -0.25) is 4.98 Å². The van der Waals surface area contributed by atoms with E-state index in [4.69, 9.17) is 4.74 Å². The Hall–Kier alpha value is -2.95. The Kier molecular flexibility index (Phi) is 4.69. The van der Waals surface area contributed by atoms with Gasteiger partial charge in [0.1, 0.15) is 0 Å². The van der Waals surface area contributed by atoms with Gasteiger partial charge in [-0.15, -0.1) is 4.58 Å². The summed E-state index contributed by atoms with van der Waals surface area (Å²) in [4.78, 5) is 20.5. The third-order valence-corrected chi connectivity index (χ3v) is 6.65. The van der Waals surface area contributed by atoms with Crippen molar-refractivity contribution in [1.82, 2.24) is 9.97 Å². The van der Waals surface area contributed by atoms with Crippen LogP contribution in [0, 0.1) is 5.92 Å². The lowest BCUT2D eigenvalue weighted by Crippen LogP contribution is -2.30. The summed E-state index contributed by atoms with van der Waals surface area (Å²) in [5.41, 5.74) is 4.00. The van der Waals surface area contributed by atoms with Gasteiger partial charge in [0.2, 0.25) is 6.04 Å². The highest BCUT2D eigenvalue weighted by Gasteiger charge is 2.54. The van der Waals surface area contributed by atoms with Gasteiger partial charge < -0.3 is 9.72 Å². The predicted molar refractivity (Wildman–Crippen MR) is 117 cm³/mol. The molecule has 5 nitrogen and oxygen atoms in total. The van der Waals surface area contributed by atoms with Gasteiger partial charge in [-0.1, -0.05) is 30.3 Å². The minimum atomic E-state index is -0.552. The lowest BCUT2D eigenvalue weighted by Gasteiger charge is -2.26. The maximum atomic E-state index is 12.7. The molecule has 5 heteroatoms. The lowest BCUT2D eigenvalue weighted by molar-refractivity contribution is -0.466. The van der Waals surface area contributed by atoms with Gasteiger partial charge in [0.05, 0.1) is 11.0 Å². The predicted octanol–water partition coefficient (Wildman–Crippen LogP) is 5.59. The molecule has 1 aliphatic carbocycles. The number of amides is 1. The molecule has 30 heavy (non-hydrogen) atoms. The number of ether oxygens (including phenoxy) is 1. The first-order valence-electron chi connectivity index (χ1n) is 10.9. The van der Waals surface area contributed by atoms with Crippen LogP contribution in [-0.4, -0.2) is 32.5 Å². The standard InChI is InChI=1S/C25H28N3O2/c1-25(2)23(19-6-4-3-5-7-19)28(24(29)30-25)16-17-8-10-18(11-9-17)20-14-22-21(27-15-20)12-13-26-22/h3-7,12-18,23,26H,8-11H2,1-2H3/q+1. The summed E-state index contributed by atoms with van der Waals surface area (Å²) >= 11 is 0. The van der Waals surface area contributed by atoms with E-state index in [-0.39, 0.29) is 12.1 Å². The van der Waals surface area contributed by atoms with Crippen molar-refractivity contribution in [1.29, 1.82) is 0 Å². The molecular formula is C25H28N3O2+. The molecule has 2 fully saturated rings. The molecule has 5 rings (SSSR count). The Morgan fingerprint density at radius 3 is 2.63 bits per heavy atom. The fourth-order valence-corrected chi connectivity index (χ4v) is 5.12. The lowest BCUT2D eigenvalue weighted by atomic mass is 9.79. The topological polar surface area (TPSA) is 58.0 Å². The molecular weight excluding hydrogens is 374 g/mol. The average molecular weight is 403 g/mol. The van der Waals surface area contributed by atoms with Crippen LogP contribution < -0.4 is 0 Å². The molecule has 1 N–H and O–H groups in total. The van der Waals surface area contributed by atoms with Gasteiger partial charge >= 0.3 is 6.09 Å². The highest BCUT2D eigenvalue weighted by atomic mass is 16.6. The highest BCUT2D eigenvalue weighted by Crippen LogP contribution is 2.40. The van der Waals surface area contributed by atoms with E-state index in [0.717, 1.165) is 42.3 Å². The third-order valence-electron chi connectivity index (χ3n) is 6.65. The van der Waals surface area contributed by atoms with Crippen molar-refractivity contribution >= 4 is 23.3 Å². The number of H-pyrrole nitrogens is 1. The molecule has 1 aromatic carbocycles. The van der Waals surface area contributed by atoms with Crippen LogP contribution in [-0.2, 0) is 4.74 Å². The van der Waals surface area contributed by atoms with Crippen LogP contribution in [0.2, 0.25) is 0 Å². The Bertz CT molecular complexity index is 1090. The van der Waals surface area contributed by atoms with Gasteiger partial charge in [0, 0.05) is 23.9 Å². The van der Waals surface area contributed by atoms with E-state index in [1.165, 1.54) is 5.56 Å². The molecule has 2 aromatic heterocycles. The molecule has 0 radical (unpaired) electrons. The summed E-state index contributed by atoms with van der Waals surface area (Å²) in [6, 6.07) is 14.4. The van der Waals surface area contributed by atoms with Crippen molar-refractivity contribution in [2.75, 3.05) is 0 Å². The molecule has 0 bridgehead atoms. The molecule has 0 spiro atoms. The first kappa shape index (κ1) is 19.0. The Morgan fingerprint density at radius 1 is 1.10 bits per heavy atom. The first-order chi connectivity index (χ1) is 14.5.